The van der Waals surface area contributed by atoms with Crippen LogP contribution in [0.15, 0.2) is 33.9 Å². The summed E-state index contributed by atoms with van der Waals surface area (Å²) in [5.74, 6) is 0. The zero-order chi connectivity index (χ0) is 14.3. The summed E-state index contributed by atoms with van der Waals surface area (Å²) in [6.07, 6.45) is 2.73. The Morgan fingerprint density at radius 1 is 1.20 bits per heavy atom. The second-order valence-corrected chi connectivity index (χ2v) is 5.70. The zero-order valence-electron chi connectivity index (χ0n) is 10.5. The number of aromatic nitrogens is 2. The minimum Gasteiger partial charge on any atom is -0.297 e. The molecule has 1 fully saturated rings. The van der Waals surface area contributed by atoms with Crippen LogP contribution in [0.5, 0.6) is 0 Å². The lowest BCUT2D eigenvalue weighted by molar-refractivity contribution is 0.297. The van der Waals surface area contributed by atoms with Gasteiger partial charge in [0.25, 0.3) is 5.56 Å². The predicted octanol–water partition coefficient (Wildman–Crippen LogP) is 3.24. The lowest BCUT2D eigenvalue weighted by Crippen LogP contribution is -2.41. The number of H-pyrrole nitrogens is 1. The fourth-order valence-corrected chi connectivity index (χ4v) is 2.85. The Hall–Kier alpha value is -1.52. The van der Waals surface area contributed by atoms with Gasteiger partial charge in [-0.2, -0.15) is 0 Å². The van der Waals surface area contributed by atoms with E-state index in [1.807, 2.05) is 0 Å². The molecule has 1 heterocycles. The molecule has 1 saturated carbocycles. The fraction of sp³-hybridized carbons (Fsp3) is 0.286. The molecule has 0 spiro atoms. The summed E-state index contributed by atoms with van der Waals surface area (Å²) in [5, 5.41) is 0.567. The molecule has 0 atom stereocenters. The van der Waals surface area contributed by atoms with E-state index in [-0.39, 0.29) is 16.8 Å². The maximum absolute atomic E-state index is 12.6. The number of rotatable bonds is 2. The molecule has 0 saturated heterocycles. The summed E-state index contributed by atoms with van der Waals surface area (Å²) in [6, 6.07) is 6.84. The topological polar surface area (TPSA) is 54.9 Å². The number of halogens is 2. The van der Waals surface area contributed by atoms with Crippen molar-refractivity contribution in [1.29, 1.82) is 0 Å². The quantitative estimate of drug-likeness (QED) is 0.866. The predicted molar refractivity (Wildman–Crippen MR) is 79.7 cm³/mol. The number of aromatic amines is 1. The molecule has 2 aromatic rings. The SMILES string of the molecule is O=c1[nH]c(Cl)c(-c2cccc(Cl)c2)c(=O)n1C1CCC1. The minimum absolute atomic E-state index is 0.0264. The summed E-state index contributed by atoms with van der Waals surface area (Å²) in [4.78, 5) is 27.1. The van der Waals surface area contributed by atoms with Crippen LogP contribution in [0.4, 0.5) is 0 Å². The maximum atomic E-state index is 12.6. The number of benzene rings is 1. The van der Waals surface area contributed by atoms with Crippen molar-refractivity contribution in [2.24, 2.45) is 0 Å². The molecule has 1 aliphatic rings. The highest BCUT2D eigenvalue weighted by Gasteiger charge is 2.25. The van der Waals surface area contributed by atoms with E-state index < -0.39 is 5.69 Å². The van der Waals surface area contributed by atoms with E-state index >= 15 is 0 Å². The van der Waals surface area contributed by atoms with E-state index in [2.05, 4.69) is 4.98 Å². The third-order valence-electron chi connectivity index (χ3n) is 3.64. The molecule has 1 N–H and O–H groups in total. The van der Waals surface area contributed by atoms with E-state index in [4.69, 9.17) is 23.2 Å². The highest BCUT2D eigenvalue weighted by atomic mass is 35.5. The van der Waals surface area contributed by atoms with Crippen molar-refractivity contribution in [1.82, 2.24) is 9.55 Å². The molecule has 1 aromatic carbocycles. The van der Waals surface area contributed by atoms with E-state index in [1.165, 1.54) is 4.57 Å². The van der Waals surface area contributed by atoms with Crippen LogP contribution in [0.25, 0.3) is 11.1 Å². The number of nitrogens with one attached hydrogen (secondary N) is 1. The minimum atomic E-state index is -0.449. The second kappa shape index (κ2) is 5.11. The third kappa shape index (κ3) is 2.19. The van der Waals surface area contributed by atoms with Crippen LogP contribution in [0.1, 0.15) is 25.3 Å². The largest absolute Gasteiger partial charge is 0.329 e. The molecule has 0 aliphatic heterocycles. The van der Waals surface area contributed by atoms with Gasteiger partial charge in [0.1, 0.15) is 5.15 Å². The summed E-state index contributed by atoms with van der Waals surface area (Å²) in [5.41, 5.74) is 0.0960. The first kappa shape index (κ1) is 13.5. The number of hydrogen-bond donors (Lipinski definition) is 1. The van der Waals surface area contributed by atoms with E-state index in [9.17, 15) is 9.59 Å². The molecular formula is C14H12Cl2N2O2. The van der Waals surface area contributed by atoms with E-state index in [1.54, 1.807) is 24.3 Å². The molecule has 0 unspecified atom stereocenters. The third-order valence-corrected chi connectivity index (χ3v) is 4.16. The van der Waals surface area contributed by atoms with Crippen LogP contribution in [-0.2, 0) is 0 Å². The van der Waals surface area contributed by atoms with Crippen molar-refractivity contribution in [3.63, 3.8) is 0 Å². The van der Waals surface area contributed by atoms with Gasteiger partial charge < -0.3 is 0 Å². The first-order valence-corrected chi connectivity index (χ1v) is 7.14. The van der Waals surface area contributed by atoms with Crippen molar-refractivity contribution >= 4 is 23.2 Å². The first-order valence-electron chi connectivity index (χ1n) is 6.38. The molecular weight excluding hydrogens is 299 g/mol. The molecule has 1 aromatic heterocycles. The Balaban J connectivity index is 2.25. The average molecular weight is 311 g/mol. The van der Waals surface area contributed by atoms with Crippen LogP contribution in [0.3, 0.4) is 0 Å². The fourth-order valence-electron chi connectivity index (χ4n) is 2.39. The van der Waals surface area contributed by atoms with Gasteiger partial charge in [-0.25, -0.2) is 4.79 Å². The van der Waals surface area contributed by atoms with Crippen LogP contribution < -0.4 is 11.2 Å². The highest BCUT2D eigenvalue weighted by Crippen LogP contribution is 2.30. The summed E-state index contributed by atoms with van der Waals surface area (Å²) < 4.78 is 1.27. The Kier molecular flexibility index (Phi) is 3.44. The molecule has 0 amide bonds. The van der Waals surface area contributed by atoms with E-state index in [0.29, 0.717) is 16.1 Å². The van der Waals surface area contributed by atoms with Gasteiger partial charge in [-0.3, -0.25) is 14.3 Å². The summed E-state index contributed by atoms with van der Waals surface area (Å²) in [6.45, 7) is 0. The summed E-state index contributed by atoms with van der Waals surface area (Å²) >= 11 is 12.0. The van der Waals surface area contributed by atoms with Gasteiger partial charge >= 0.3 is 5.69 Å². The highest BCUT2D eigenvalue weighted by molar-refractivity contribution is 6.32. The van der Waals surface area contributed by atoms with Gasteiger partial charge in [0.05, 0.1) is 5.56 Å². The molecule has 0 radical (unpaired) electrons. The van der Waals surface area contributed by atoms with Crippen LogP contribution in [0, 0.1) is 0 Å². The smallest absolute Gasteiger partial charge is 0.297 e. The van der Waals surface area contributed by atoms with Crippen LogP contribution in [-0.4, -0.2) is 9.55 Å². The normalized spacial score (nSPS) is 15.1. The Morgan fingerprint density at radius 3 is 2.55 bits per heavy atom. The molecule has 3 rings (SSSR count). The summed E-state index contributed by atoms with van der Waals surface area (Å²) in [7, 11) is 0. The second-order valence-electron chi connectivity index (χ2n) is 4.89. The Bertz CT molecular complexity index is 775. The molecule has 1 aliphatic carbocycles. The lowest BCUT2D eigenvalue weighted by Gasteiger charge is -2.27. The van der Waals surface area contributed by atoms with Gasteiger partial charge in [-0.05, 0) is 37.0 Å². The molecule has 0 bridgehead atoms. The molecule has 6 heteroatoms. The maximum Gasteiger partial charge on any atom is 0.329 e. The van der Waals surface area contributed by atoms with Crippen LogP contribution in [0.2, 0.25) is 10.2 Å². The van der Waals surface area contributed by atoms with Crippen molar-refractivity contribution in [2.45, 2.75) is 25.3 Å². The average Bonchev–Trinajstić information content (AvgIpc) is 2.32. The van der Waals surface area contributed by atoms with Gasteiger partial charge in [0, 0.05) is 11.1 Å². The van der Waals surface area contributed by atoms with Gasteiger partial charge in [0.2, 0.25) is 0 Å². The van der Waals surface area contributed by atoms with E-state index in [0.717, 1.165) is 19.3 Å². The number of hydrogen-bond acceptors (Lipinski definition) is 2. The lowest BCUT2D eigenvalue weighted by atomic mass is 9.92. The van der Waals surface area contributed by atoms with Crippen molar-refractivity contribution < 1.29 is 0 Å². The van der Waals surface area contributed by atoms with Gasteiger partial charge in [0.15, 0.2) is 0 Å². The van der Waals surface area contributed by atoms with Crippen LogP contribution >= 0.6 is 23.2 Å². The first-order chi connectivity index (χ1) is 9.58. The Morgan fingerprint density at radius 2 is 1.95 bits per heavy atom. The number of nitrogens with zero attached hydrogens (tertiary/aromatic N) is 1. The molecule has 20 heavy (non-hydrogen) atoms. The molecule has 104 valence electrons. The van der Waals surface area contributed by atoms with Crippen molar-refractivity contribution in [2.75, 3.05) is 0 Å². The Labute approximate surface area is 125 Å². The monoisotopic (exact) mass is 310 g/mol. The zero-order valence-corrected chi connectivity index (χ0v) is 12.0. The van der Waals surface area contributed by atoms with Crippen molar-refractivity contribution in [3.05, 3.63) is 55.3 Å². The van der Waals surface area contributed by atoms with Crippen molar-refractivity contribution in [3.8, 4) is 11.1 Å². The van der Waals surface area contributed by atoms with Gasteiger partial charge in [-0.15, -0.1) is 0 Å². The standard InChI is InChI=1S/C14H12Cl2N2O2/c15-9-4-1-3-8(7-9)11-12(16)17-14(20)18(13(11)19)10-5-2-6-10/h1,3-4,7,10H,2,5-6H2,(H,17,20). The van der Waals surface area contributed by atoms with Gasteiger partial charge in [-0.1, -0.05) is 35.3 Å². The molecule has 4 nitrogen and oxygen atoms in total.